The number of thiophene rings is 1. The van der Waals surface area contributed by atoms with Crippen molar-refractivity contribution in [2.45, 2.75) is 25.9 Å². The van der Waals surface area contributed by atoms with Gasteiger partial charge in [-0.1, -0.05) is 0 Å². The maximum atomic E-state index is 11.6. The standard InChI is InChI=1S/C9H13BrN2OS/c1-5(11)6(2)12-9(13)7-3-8(10)14-4-7/h3-6H,11H2,1-2H3,(H,12,13). The third kappa shape index (κ3) is 3.08. The van der Waals surface area contributed by atoms with Crippen LogP contribution in [0.2, 0.25) is 0 Å². The van der Waals surface area contributed by atoms with E-state index in [9.17, 15) is 4.79 Å². The van der Waals surface area contributed by atoms with Gasteiger partial charge in [0.1, 0.15) is 0 Å². The van der Waals surface area contributed by atoms with Crippen LogP contribution in [0.15, 0.2) is 15.2 Å². The number of nitrogens with two attached hydrogens (primary N) is 1. The van der Waals surface area contributed by atoms with Crippen LogP contribution >= 0.6 is 27.3 Å². The maximum absolute atomic E-state index is 11.6. The van der Waals surface area contributed by atoms with Gasteiger partial charge in [0.25, 0.3) is 5.91 Å². The van der Waals surface area contributed by atoms with E-state index in [1.165, 1.54) is 11.3 Å². The van der Waals surface area contributed by atoms with E-state index in [2.05, 4.69) is 21.2 Å². The molecule has 0 fully saturated rings. The molecule has 0 aliphatic carbocycles. The van der Waals surface area contributed by atoms with Gasteiger partial charge in [-0.25, -0.2) is 0 Å². The van der Waals surface area contributed by atoms with Crippen molar-refractivity contribution in [3.05, 3.63) is 20.8 Å². The van der Waals surface area contributed by atoms with Crippen molar-refractivity contribution in [3.8, 4) is 0 Å². The van der Waals surface area contributed by atoms with E-state index >= 15 is 0 Å². The third-order valence-corrected chi connectivity index (χ3v) is 3.48. The molecule has 0 saturated heterocycles. The quantitative estimate of drug-likeness (QED) is 0.887. The van der Waals surface area contributed by atoms with Crippen LogP contribution in [0.3, 0.4) is 0 Å². The topological polar surface area (TPSA) is 55.1 Å². The van der Waals surface area contributed by atoms with Gasteiger partial charge < -0.3 is 11.1 Å². The highest BCUT2D eigenvalue weighted by atomic mass is 79.9. The van der Waals surface area contributed by atoms with Crippen LogP contribution in [0.1, 0.15) is 24.2 Å². The molecule has 1 aromatic heterocycles. The average molecular weight is 277 g/mol. The van der Waals surface area contributed by atoms with Gasteiger partial charge in [0.15, 0.2) is 0 Å². The molecule has 0 aliphatic heterocycles. The first-order valence-corrected chi connectivity index (χ1v) is 5.98. The summed E-state index contributed by atoms with van der Waals surface area (Å²) in [5.41, 5.74) is 6.32. The predicted molar refractivity (Wildman–Crippen MR) is 62.6 cm³/mol. The molecule has 1 heterocycles. The van der Waals surface area contributed by atoms with Crippen molar-refractivity contribution in [1.82, 2.24) is 5.32 Å². The van der Waals surface area contributed by atoms with Gasteiger partial charge >= 0.3 is 0 Å². The normalized spacial score (nSPS) is 14.9. The Hall–Kier alpha value is -0.390. The Morgan fingerprint density at radius 1 is 1.64 bits per heavy atom. The lowest BCUT2D eigenvalue weighted by atomic mass is 10.2. The Bertz CT molecular complexity index is 324. The number of hydrogen-bond acceptors (Lipinski definition) is 3. The summed E-state index contributed by atoms with van der Waals surface area (Å²) in [4.78, 5) is 11.6. The van der Waals surface area contributed by atoms with Crippen LogP contribution in [0.4, 0.5) is 0 Å². The maximum Gasteiger partial charge on any atom is 0.252 e. The minimum atomic E-state index is -0.0725. The van der Waals surface area contributed by atoms with E-state index < -0.39 is 0 Å². The summed E-state index contributed by atoms with van der Waals surface area (Å²) in [6, 6.07) is 1.75. The molecule has 0 saturated carbocycles. The van der Waals surface area contributed by atoms with Gasteiger partial charge in [0.05, 0.1) is 9.35 Å². The van der Waals surface area contributed by atoms with Crippen LogP contribution in [-0.2, 0) is 0 Å². The smallest absolute Gasteiger partial charge is 0.252 e. The number of carbonyl (C=O) groups excluding carboxylic acids is 1. The van der Waals surface area contributed by atoms with E-state index in [1.54, 1.807) is 6.07 Å². The second-order valence-corrected chi connectivity index (χ2v) is 5.55. The van der Waals surface area contributed by atoms with E-state index in [0.717, 1.165) is 3.79 Å². The van der Waals surface area contributed by atoms with Crippen LogP contribution in [-0.4, -0.2) is 18.0 Å². The number of nitrogens with one attached hydrogen (secondary N) is 1. The molecule has 1 amide bonds. The SMILES string of the molecule is CC(N)C(C)NC(=O)c1csc(Br)c1. The fourth-order valence-corrected chi connectivity index (χ4v) is 1.99. The molecule has 0 spiro atoms. The molecule has 2 atom stereocenters. The van der Waals surface area contributed by atoms with Crippen molar-refractivity contribution in [2.24, 2.45) is 5.73 Å². The van der Waals surface area contributed by atoms with Gasteiger partial charge in [0.2, 0.25) is 0 Å². The van der Waals surface area contributed by atoms with E-state index in [-0.39, 0.29) is 18.0 Å². The molecule has 14 heavy (non-hydrogen) atoms. The molecule has 1 rings (SSSR count). The molecule has 0 aliphatic rings. The zero-order valence-corrected chi connectivity index (χ0v) is 10.5. The Balaban J connectivity index is 2.59. The third-order valence-electron chi connectivity index (χ3n) is 1.98. The molecule has 2 unspecified atom stereocenters. The summed E-state index contributed by atoms with van der Waals surface area (Å²) in [5.74, 6) is -0.0725. The summed E-state index contributed by atoms with van der Waals surface area (Å²) < 4.78 is 0.955. The van der Waals surface area contributed by atoms with Crippen LogP contribution < -0.4 is 11.1 Å². The van der Waals surface area contributed by atoms with E-state index in [1.807, 2.05) is 19.2 Å². The van der Waals surface area contributed by atoms with Gasteiger partial charge in [-0.2, -0.15) is 0 Å². The molecule has 0 aromatic carbocycles. The average Bonchev–Trinajstić information content (AvgIpc) is 2.51. The summed E-state index contributed by atoms with van der Waals surface area (Å²) in [6.45, 7) is 3.76. The van der Waals surface area contributed by atoms with Crippen molar-refractivity contribution >= 4 is 33.2 Å². The molecule has 3 N–H and O–H groups in total. The summed E-state index contributed by atoms with van der Waals surface area (Å²) in [7, 11) is 0. The number of hydrogen-bond donors (Lipinski definition) is 2. The first-order valence-electron chi connectivity index (χ1n) is 4.31. The van der Waals surface area contributed by atoms with Crippen LogP contribution in [0.25, 0.3) is 0 Å². The lowest BCUT2D eigenvalue weighted by molar-refractivity contribution is 0.0936. The molecular formula is C9H13BrN2OS. The van der Waals surface area contributed by atoms with E-state index in [0.29, 0.717) is 5.56 Å². The lowest BCUT2D eigenvalue weighted by Gasteiger charge is -2.16. The monoisotopic (exact) mass is 276 g/mol. The number of halogens is 1. The summed E-state index contributed by atoms with van der Waals surface area (Å²) in [5, 5.41) is 4.64. The summed E-state index contributed by atoms with van der Waals surface area (Å²) >= 11 is 4.80. The Kier molecular flexibility index (Phi) is 4.10. The Morgan fingerprint density at radius 3 is 2.71 bits per heavy atom. The van der Waals surface area contributed by atoms with Gasteiger partial charge in [0, 0.05) is 17.5 Å². The molecule has 3 nitrogen and oxygen atoms in total. The second kappa shape index (κ2) is 4.91. The first-order chi connectivity index (χ1) is 6.50. The molecule has 0 bridgehead atoms. The Morgan fingerprint density at radius 2 is 2.29 bits per heavy atom. The van der Waals surface area contributed by atoms with Crippen molar-refractivity contribution in [2.75, 3.05) is 0 Å². The molecular weight excluding hydrogens is 264 g/mol. The van der Waals surface area contributed by atoms with Crippen molar-refractivity contribution in [3.63, 3.8) is 0 Å². The molecule has 0 radical (unpaired) electrons. The molecule has 78 valence electrons. The lowest BCUT2D eigenvalue weighted by Crippen LogP contribution is -2.43. The van der Waals surface area contributed by atoms with Gasteiger partial charge in [-0.3, -0.25) is 4.79 Å². The highest BCUT2D eigenvalue weighted by molar-refractivity contribution is 9.11. The minimum Gasteiger partial charge on any atom is -0.348 e. The summed E-state index contributed by atoms with van der Waals surface area (Å²) in [6.07, 6.45) is 0. The first kappa shape index (κ1) is 11.7. The number of amides is 1. The second-order valence-electron chi connectivity index (χ2n) is 3.26. The van der Waals surface area contributed by atoms with Crippen molar-refractivity contribution in [1.29, 1.82) is 0 Å². The highest BCUT2D eigenvalue weighted by Gasteiger charge is 2.13. The van der Waals surface area contributed by atoms with Gasteiger partial charge in [-0.15, -0.1) is 11.3 Å². The molecule has 5 heteroatoms. The fraction of sp³-hybridized carbons (Fsp3) is 0.444. The van der Waals surface area contributed by atoms with E-state index in [4.69, 9.17) is 5.73 Å². The highest BCUT2D eigenvalue weighted by Crippen LogP contribution is 2.20. The minimum absolute atomic E-state index is 0.0128. The largest absolute Gasteiger partial charge is 0.348 e. The zero-order valence-electron chi connectivity index (χ0n) is 8.08. The predicted octanol–water partition coefficient (Wildman–Crippen LogP) is 1.98. The van der Waals surface area contributed by atoms with Crippen LogP contribution in [0, 0.1) is 0 Å². The Labute approximate surface area is 95.8 Å². The van der Waals surface area contributed by atoms with Crippen LogP contribution in [0.5, 0.6) is 0 Å². The number of rotatable bonds is 3. The fourth-order valence-electron chi connectivity index (χ4n) is 0.851. The molecule has 1 aromatic rings. The van der Waals surface area contributed by atoms with Gasteiger partial charge in [-0.05, 0) is 35.8 Å². The number of carbonyl (C=O) groups is 1. The zero-order chi connectivity index (χ0) is 10.7. The van der Waals surface area contributed by atoms with Crippen molar-refractivity contribution < 1.29 is 4.79 Å².